The van der Waals surface area contributed by atoms with Crippen LogP contribution in [0.5, 0.6) is 0 Å². The van der Waals surface area contributed by atoms with Crippen molar-refractivity contribution in [2.45, 2.75) is 4.21 Å². The highest BCUT2D eigenvalue weighted by Gasteiger charge is 2.24. The molecule has 0 bridgehead atoms. The third-order valence-corrected chi connectivity index (χ3v) is 4.23. The fraction of sp³-hybridized carbons (Fsp3) is 0.200. The molecule has 1 amide bonds. The molecule has 8 heteroatoms. The lowest BCUT2D eigenvalue weighted by Gasteiger charge is -1.94. The van der Waals surface area contributed by atoms with Gasteiger partial charge in [0.25, 0.3) is 5.91 Å². The summed E-state index contributed by atoms with van der Waals surface area (Å²) in [5.74, 6) is -0.890. The predicted octanol–water partition coefficient (Wildman–Crippen LogP) is 0.299. The standard InChI is InChI=1S/C5H5ClN2O3S2/c1-13(10,11)5-2(4(7)9)3(6)8-12-5/h1H3,(H2,7,9). The minimum absolute atomic E-state index is 0.169. The maximum atomic E-state index is 11.1. The van der Waals surface area contributed by atoms with E-state index in [1.807, 2.05) is 0 Å². The molecule has 1 rings (SSSR count). The van der Waals surface area contributed by atoms with Gasteiger partial charge in [0.05, 0.1) is 0 Å². The molecule has 0 atom stereocenters. The van der Waals surface area contributed by atoms with Gasteiger partial charge in [-0.2, -0.15) is 4.37 Å². The molecule has 5 nitrogen and oxygen atoms in total. The number of hydrogen-bond donors (Lipinski definition) is 1. The molecule has 0 fully saturated rings. The third-order valence-electron chi connectivity index (χ3n) is 1.20. The highest BCUT2D eigenvalue weighted by atomic mass is 35.5. The van der Waals surface area contributed by atoms with Gasteiger partial charge in [-0.3, -0.25) is 4.79 Å². The van der Waals surface area contributed by atoms with Crippen LogP contribution in [0.3, 0.4) is 0 Å². The van der Waals surface area contributed by atoms with E-state index in [-0.39, 0.29) is 14.9 Å². The molecule has 2 N–H and O–H groups in total. The van der Waals surface area contributed by atoms with E-state index >= 15 is 0 Å². The summed E-state index contributed by atoms with van der Waals surface area (Å²) < 4.78 is 25.5. The molecule has 0 aliphatic heterocycles. The Balaban J connectivity index is 3.49. The highest BCUT2D eigenvalue weighted by Crippen LogP contribution is 2.26. The van der Waals surface area contributed by atoms with Crippen molar-refractivity contribution in [3.63, 3.8) is 0 Å². The van der Waals surface area contributed by atoms with E-state index < -0.39 is 15.7 Å². The number of rotatable bonds is 2. The molecular weight excluding hydrogens is 236 g/mol. The van der Waals surface area contributed by atoms with Crippen LogP contribution in [-0.2, 0) is 9.84 Å². The zero-order valence-electron chi connectivity index (χ0n) is 6.44. The van der Waals surface area contributed by atoms with Crippen LogP contribution in [0, 0.1) is 0 Å². The third kappa shape index (κ3) is 1.98. The van der Waals surface area contributed by atoms with Crippen molar-refractivity contribution < 1.29 is 13.2 Å². The first-order chi connectivity index (χ1) is 5.84. The van der Waals surface area contributed by atoms with E-state index in [0.717, 1.165) is 6.26 Å². The van der Waals surface area contributed by atoms with Gasteiger partial charge in [-0.05, 0) is 11.5 Å². The molecule has 0 saturated heterocycles. The molecule has 0 radical (unpaired) electrons. The quantitative estimate of drug-likeness (QED) is 0.805. The number of aromatic nitrogens is 1. The minimum Gasteiger partial charge on any atom is -0.365 e. The summed E-state index contributed by atoms with van der Waals surface area (Å²) in [6, 6.07) is 0. The molecule has 0 aromatic carbocycles. The molecule has 1 aromatic rings. The maximum absolute atomic E-state index is 11.1. The van der Waals surface area contributed by atoms with Gasteiger partial charge in [0, 0.05) is 6.26 Å². The van der Waals surface area contributed by atoms with Gasteiger partial charge in [0.1, 0.15) is 5.56 Å². The second-order valence-electron chi connectivity index (χ2n) is 2.27. The predicted molar refractivity (Wildman–Crippen MR) is 48.8 cm³/mol. The Hall–Kier alpha value is -0.660. The Morgan fingerprint density at radius 2 is 2.15 bits per heavy atom. The van der Waals surface area contributed by atoms with Crippen molar-refractivity contribution in [3.05, 3.63) is 10.7 Å². The lowest BCUT2D eigenvalue weighted by molar-refractivity contribution is 0.0998. The van der Waals surface area contributed by atoms with Crippen LogP contribution in [0.2, 0.25) is 5.15 Å². The average Bonchev–Trinajstić information content (AvgIpc) is 2.28. The van der Waals surface area contributed by atoms with E-state index in [4.69, 9.17) is 17.3 Å². The summed E-state index contributed by atoms with van der Waals surface area (Å²) in [7, 11) is -3.49. The summed E-state index contributed by atoms with van der Waals surface area (Å²) in [5.41, 5.74) is 4.71. The number of nitrogens with two attached hydrogens (primary N) is 1. The van der Waals surface area contributed by atoms with Crippen LogP contribution in [0.4, 0.5) is 0 Å². The van der Waals surface area contributed by atoms with E-state index in [2.05, 4.69) is 4.37 Å². The van der Waals surface area contributed by atoms with Gasteiger partial charge in [0.15, 0.2) is 19.2 Å². The second kappa shape index (κ2) is 3.24. The van der Waals surface area contributed by atoms with Crippen molar-refractivity contribution in [2.75, 3.05) is 6.26 Å². The molecular formula is C5H5ClN2O3S2. The van der Waals surface area contributed by atoms with E-state index in [0.29, 0.717) is 11.5 Å². The van der Waals surface area contributed by atoms with Crippen LogP contribution in [0.1, 0.15) is 10.4 Å². The lowest BCUT2D eigenvalue weighted by atomic mass is 10.4. The van der Waals surface area contributed by atoms with Crippen LogP contribution in [-0.4, -0.2) is 25.0 Å². The normalized spacial score (nSPS) is 11.5. The number of hydrogen-bond acceptors (Lipinski definition) is 5. The Kier molecular flexibility index (Phi) is 2.60. The zero-order chi connectivity index (χ0) is 10.2. The first kappa shape index (κ1) is 10.4. The SMILES string of the molecule is CS(=O)(=O)c1snc(Cl)c1C(N)=O. The van der Waals surface area contributed by atoms with Crippen LogP contribution < -0.4 is 5.73 Å². The molecule has 0 saturated carbocycles. The molecule has 1 heterocycles. The smallest absolute Gasteiger partial charge is 0.254 e. The molecule has 1 aromatic heterocycles. The number of sulfone groups is 1. The lowest BCUT2D eigenvalue weighted by Crippen LogP contribution is -2.14. The monoisotopic (exact) mass is 240 g/mol. The van der Waals surface area contributed by atoms with Crippen LogP contribution in [0.15, 0.2) is 4.21 Å². The Morgan fingerprint density at radius 3 is 2.46 bits per heavy atom. The first-order valence-corrected chi connectivity index (χ1v) is 6.03. The van der Waals surface area contributed by atoms with Crippen molar-refractivity contribution in [1.82, 2.24) is 4.37 Å². The van der Waals surface area contributed by atoms with E-state index in [9.17, 15) is 13.2 Å². The fourth-order valence-corrected chi connectivity index (χ4v) is 2.88. The van der Waals surface area contributed by atoms with Gasteiger partial charge in [-0.1, -0.05) is 11.6 Å². The van der Waals surface area contributed by atoms with E-state index in [1.165, 1.54) is 0 Å². The molecule has 13 heavy (non-hydrogen) atoms. The number of primary amides is 1. The van der Waals surface area contributed by atoms with Crippen molar-refractivity contribution in [1.29, 1.82) is 0 Å². The molecule has 0 aliphatic carbocycles. The first-order valence-electron chi connectivity index (χ1n) is 2.99. The van der Waals surface area contributed by atoms with Crippen molar-refractivity contribution in [3.8, 4) is 0 Å². The van der Waals surface area contributed by atoms with Crippen LogP contribution >= 0.6 is 23.1 Å². The molecule has 0 aliphatic rings. The van der Waals surface area contributed by atoms with Crippen molar-refractivity contribution >= 4 is 38.9 Å². The Bertz CT molecular complexity index is 450. The van der Waals surface area contributed by atoms with Gasteiger partial charge < -0.3 is 5.73 Å². The number of amides is 1. The summed E-state index contributed by atoms with van der Waals surface area (Å²) in [6.07, 6.45) is 0.962. The fourth-order valence-electron chi connectivity index (χ4n) is 0.712. The number of carbonyl (C=O) groups excluding carboxylic acids is 1. The van der Waals surface area contributed by atoms with E-state index in [1.54, 1.807) is 0 Å². The summed E-state index contributed by atoms with van der Waals surface area (Å²) >= 11 is 6.12. The Morgan fingerprint density at radius 1 is 1.62 bits per heavy atom. The van der Waals surface area contributed by atoms with Gasteiger partial charge >= 0.3 is 0 Å². The number of halogens is 1. The summed E-state index contributed by atoms with van der Waals surface area (Å²) in [6.45, 7) is 0. The van der Waals surface area contributed by atoms with Crippen LogP contribution in [0.25, 0.3) is 0 Å². The second-order valence-corrected chi connectivity index (χ2v) is 5.61. The number of nitrogens with zero attached hydrogens (tertiary/aromatic N) is 1. The highest BCUT2D eigenvalue weighted by molar-refractivity contribution is 7.92. The average molecular weight is 241 g/mol. The topological polar surface area (TPSA) is 90.1 Å². The zero-order valence-corrected chi connectivity index (χ0v) is 8.83. The molecule has 0 unspecified atom stereocenters. The van der Waals surface area contributed by atoms with Crippen molar-refractivity contribution in [2.24, 2.45) is 5.73 Å². The van der Waals surface area contributed by atoms with Gasteiger partial charge in [0.2, 0.25) is 0 Å². The summed E-state index contributed by atoms with van der Waals surface area (Å²) in [5, 5.41) is -0.169. The number of carbonyl (C=O) groups is 1. The van der Waals surface area contributed by atoms with Gasteiger partial charge in [-0.25, -0.2) is 8.42 Å². The maximum Gasteiger partial charge on any atom is 0.254 e. The largest absolute Gasteiger partial charge is 0.365 e. The minimum atomic E-state index is -3.49. The molecule has 0 spiro atoms. The summed E-state index contributed by atoms with van der Waals surface area (Å²) in [4.78, 5) is 10.8. The molecule has 72 valence electrons. The Labute approximate surface area is 83.6 Å². The van der Waals surface area contributed by atoms with Gasteiger partial charge in [-0.15, -0.1) is 0 Å².